The minimum absolute atomic E-state index is 0. The van der Waals surface area contributed by atoms with E-state index in [0.717, 1.165) is 6.92 Å². The van der Waals surface area contributed by atoms with Gasteiger partial charge in [0.1, 0.15) is 0 Å². The molecule has 0 aliphatic rings. The summed E-state index contributed by atoms with van der Waals surface area (Å²) in [5, 5.41) is 42.2. The molecule has 8 nitrogen and oxygen atoms in total. The fourth-order valence-corrected chi connectivity index (χ4v) is 1.33. The van der Waals surface area contributed by atoms with Gasteiger partial charge in [0.25, 0.3) is 0 Å². The van der Waals surface area contributed by atoms with Crippen LogP contribution in [0.4, 0.5) is 0 Å². The van der Waals surface area contributed by atoms with E-state index in [-0.39, 0.29) is 206 Å². The maximum Gasteiger partial charge on any atom is 1.00 e. The summed E-state index contributed by atoms with van der Waals surface area (Å²) in [7, 11) is 0. The first-order valence-corrected chi connectivity index (χ1v) is 4.08. The van der Waals surface area contributed by atoms with E-state index in [9.17, 15) is 39.6 Å². The van der Waals surface area contributed by atoms with Crippen LogP contribution in [0, 0.1) is 11.3 Å². The molecule has 12 heteroatoms. The molecule has 0 aliphatic carbocycles. The van der Waals surface area contributed by atoms with Crippen LogP contribution in [-0.2, 0) is 19.2 Å². The average Bonchev–Trinajstić information content (AvgIpc) is 2.10. The van der Waals surface area contributed by atoms with E-state index in [1.54, 1.807) is 0 Å². The van der Waals surface area contributed by atoms with Gasteiger partial charge in [-0.2, -0.15) is 0 Å². The number of carbonyl (C=O) groups excluding carboxylic acids is 4. The van der Waals surface area contributed by atoms with Crippen LogP contribution in [0.1, 0.15) is 13.3 Å². The van der Waals surface area contributed by atoms with Crippen molar-refractivity contribution in [2.24, 2.45) is 11.3 Å². The zero-order chi connectivity index (χ0) is 13.1. The molecule has 0 saturated carbocycles. The van der Waals surface area contributed by atoms with E-state index in [1.165, 1.54) is 0 Å². The third-order valence-corrected chi connectivity index (χ3v) is 2.18. The largest absolute Gasteiger partial charge is 1.00 e. The molecule has 0 saturated heterocycles. The Morgan fingerprint density at radius 1 is 0.800 bits per heavy atom. The van der Waals surface area contributed by atoms with Crippen LogP contribution in [0.25, 0.3) is 0 Å². The molecule has 0 aliphatic heterocycles. The predicted molar refractivity (Wildman–Crippen MR) is 36.2 cm³/mol. The molecule has 0 heterocycles. The average molecular weight is 387 g/mol. The molecule has 0 radical (unpaired) electrons. The van der Waals surface area contributed by atoms with Crippen LogP contribution in [0.3, 0.4) is 0 Å². The van der Waals surface area contributed by atoms with Gasteiger partial charge in [-0.3, -0.25) is 0 Å². The Bertz CT molecular complexity index is 322. The maximum absolute atomic E-state index is 10.6. The van der Waals surface area contributed by atoms with Gasteiger partial charge < -0.3 is 39.6 Å². The van der Waals surface area contributed by atoms with Crippen LogP contribution in [0.5, 0.6) is 0 Å². The Labute approximate surface area is 285 Å². The normalized spacial score (nSPS) is 10.2. The van der Waals surface area contributed by atoms with Crippen molar-refractivity contribution in [3.8, 4) is 0 Å². The second kappa shape index (κ2) is 16.9. The monoisotopic (exact) mass is 386 g/mol. The van der Waals surface area contributed by atoms with Crippen molar-refractivity contribution in [1.29, 1.82) is 0 Å². The number of aliphatic carboxylic acids is 4. The van der Waals surface area contributed by atoms with E-state index in [0.29, 0.717) is 0 Å². The van der Waals surface area contributed by atoms with E-state index >= 15 is 0 Å². The van der Waals surface area contributed by atoms with Gasteiger partial charge in [-0.1, -0.05) is 6.92 Å². The number of hydrogen-bond donors (Lipinski definition) is 0. The smallest absolute Gasteiger partial charge is 0.550 e. The first kappa shape index (κ1) is 35.5. The molecule has 0 spiro atoms. The van der Waals surface area contributed by atoms with E-state index in [4.69, 9.17) is 0 Å². The molecule has 20 heavy (non-hydrogen) atoms. The second-order valence-electron chi connectivity index (χ2n) is 2.95. The topological polar surface area (TPSA) is 161 Å². The van der Waals surface area contributed by atoms with Crippen molar-refractivity contribution in [3.63, 3.8) is 0 Å². The fourth-order valence-electron chi connectivity index (χ4n) is 1.33. The quantitative estimate of drug-likeness (QED) is 0.321. The summed E-state index contributed by atoms with van der Waals surface area (Å²) in [5.74, 6) is -12.4. The first-order valence-electron chi connectivity index (χ1n) is 4.08. The van der Waals surface area contributed by atoms with E-state index < -0.39 is 41.6 Å². The third kappa shape index (κ3) is 8.69. The summed E-state index contributed by atoms with van der Waals surface area (Å²) < 4.78 is 0. The van der Waals surface area contributed by atoms with Gasteiger partial charge in [-0.05, 0) is 6.42 Å². The molecule has 0 aromatic heterocycles. The minimum Gasteiger partial charge on any atom is -0.550 e. The molecule has 0 aromatic rings. The van der Waals surface area contributed by atoms with Gasteiger partial charge in [0.2, 0.25) is 0 Å². The van der Waals surface area contributed by atoms with Crippen LogP contribution < -0.4 is 226 Å². The van der Waals surface area contributed by atoms with Gasteiger partial charge >= 0.3 is 206 Å². The predicted octanol–water partition coefficient (Wildman–Crippen LogP) is -18.0. The summed E-state index contributed by atoms with van der Waals surface area (Å²) in [5.41, 5.74) is -3.76. The van der Waals surface area contributed by atoms with Crippen molar-refractivity contribution in [1.82, 2.24) is 0 Å². The summed E-state index contributed by atoms with van der Waals surface area (Å²) in [6.45, 7) is 1.07. The Kier molecular flexibility index (Phi) is 30.0. The number of carboxylic acid groups (broad SMARTS) is 4. The van der Waals surface area contributed by atoms with Gasteiger partial charge in [-0.25, -0.2) is 0 Å². The van der Waals surface area contributed by atoms with E-state index in [1.807, 2.05) is 0 Å². The molecule has 0 rings (SSSR count). The molecule has 0 fully saturated rings. The molecule has 0 amide bonds. The molecule has 1 unspecified atom stereocenters. The molecular formula is C8H6K4O8. The molecule has 90 valence electrons. The maximum atomic E-state index is 10.6. The van der Waals surface area contributed by atoms with Crippen molar-refractivity contribution < 1.29 is 245 Å². The zero-order valence-corrected chi connectivity index (χ0v) is 24.5. The third-order valence-electron chi connectivity index (χ3n) is 2.18. The van der Waals surface area contributed by atoms with Crippen molar-refractivity contribution in [2.75, 3.05) is 0 Å². The van der Waals surface area contributed by atoms with Crippen molar-refractivity contribution in [2.45, 2.75) is 13.3 Å². The van der Waals surface area contributed by atoms with Crippen molar-refractivity contribution in [3.05, 3.63) is 0 Å². The Morgan fingerprint density at radius 2 is 1.05 bits per heavy atom. The SMILES string of the molecule is CCC(C(=O)[O-])C(C(=O)[O-])(C(=O)[O-])C(=O)[O-].[K+].[K+].[K+].[K+]. The van der Waals surface area contributed by atoms with Gasteiger partial charge in [0.15, 0.2) is 0 Å². The number of rotatable bonds is 6. The van der Waals surface area contributed by atoms with Crippen molar-refractivity contribution >= 4 is 23.9 Å². The molecule has 0 aromatic carbocycles. The number of hydrogen-bond acceptors (Lipinski definition) is 8. The number of carboxylic acids is 4. The molecule has 1 atom stereocenters. The minimum atomic E-state index is -3.76. The Hall–Kier alpha value is 4.43. The number of carbonyl (C=O) groups is 4. The summed E-state index contributed by atoms with van der Waals surface area (Å²) >= 11 is 0. The fraction of sp³-hybridized carbons (Fsp3) is 0.500. The Balaban J connectivity index is -0.000000187. The zero-order valence-electron chi connectivity index (χ0n) is 12.1. The van der Waals surface area contributed by atoms with Crippen LogP contribution in [-0.4, -0.2) is 23.9 Å². The summed E-state index contributed by atoms with van der Waals surface area (Å²) in [4.78, 5) is 42.2. The molecule has 0 bridgehead atoms. The van der Waals surface area contributed by atoms with Crippen LogP contribution in [0.2, 0.25) is 0 Å². The van der Waals surface area contributed by atoms with Crippen LogP contribution in [0.15, 0.2) is 0 Å². The standard InChI is InChI=1S/C8H10O8.4K/c1-2-3(4(9)10)8(5(11)12,6(13)14)7(15)16;;;;/h3H,2H2,1H3,(H,9,10)(H,11,12)(H,13,14)(H,15,16);;;;/q;4*+1/p-4. The van der Waals surface area contributed by atoms with Gasteiger partial charge in [0.05, 0.1) is 23.3 Å². The first-order chi connectivity index (χ1) is 7.22. The summed E-state index contributed by atoms with van der Waals surface area (Å²) in [6.07, 6.45) is -0.613. The van der Waals surface area contributed by atoms with E-state index in [2.05, 4.69) is 0 Å². The van der Waals surface area contributed by atoms with Gasteiger partial charge in [0, 0.05) is 11.9 Å². The van der Waals surface area contributed by atoms with Crippen LogP contribution >= 0.6 is 0 Å². The second-order valence-corrected chi connectivity index (χ2v) is 2.95. The molecule has 0 N–H and O–H groups in total. The summed E-state index contributed by atoms with van der Waals surface area (Å²) in [6, 6.07) is 0. The molecular weight excluding hydrogens is 380 g/mol. The van der Waals surface area contributed by atoms with Gasteiger partial charge in [-0.15, -0.1) is 0 Å². The Morgan fingerprint density at radius 3 is 1.10 bits per heavy atom.